The van der Waals surface area contributed by atoms with Crippen molar-refractivity contribution in [3.8, 4) is 0 Å². The van der Waals surface area contributed by atoms with E-state index in [1.165, 1.54) is 0 Å². The first-order valence-corrected chi connectivity index (χ1v) is 3.77. The maximum Gasteiger partial charge on any atom is 0.335 e. The third-order valence-corrected chi connectivity index (χ3v) is 1.67. The van der Waals surface area contributed by atoms with Gasteiger partial charge in [0, 0.05) is 51.4 Å². The van der Waals surface area contributed by atoms with E-state index in [1.54, 1.807) is 0 Å². The predicted octanol–water partition coefficient (Wildman–Crippen LogP) is 0.400. The number of carboxylic acids is 3. The maximum atomic E-state index is 10.6. The molecule has 6 nitrogen and oxygen atoms in total. The second kappa shape index (κ2) is 6.11. The topological polar surface area (TPSA) is 112 Å². The van der Waals surface area contributed by atoms with Gasteiger partial charge in [0.2, 0.25) is 0 Å². The molecule has 0 bridgehead atoms. The van der Waals surface area contributed by atoms with E-state index in [-0.39, 0.29) is 68.1 Å². The zero-order valence-electron chi connectivity index (χ0n) is 8.30. The summed E-state index contributed by atoms with van der Waals surface area (Å²) in [7, 11) is 0. The molecule has 79 valence electrons. The summed E-state index contributed by atoms with van der Waals surface area (Å²) in [6, 6.07) is 2.70. The first kappa shape index (κ1) is 15.3. The van der Waals surface area contributed by atoms with E-state index in [4.69, 9.17) is 15.3 Å². The average Bonchev–Trinajstić information content (AvgIpc) is 2.16. The molecule has 0 unspecified atom stereocenters. The van der Waals surface area contributed by atoms with Crippen LogP contribution in [-0.2, 0) is 0 Å². The van der Waals surface area contributed by atoms with Crippen LogP contribution < -0.4 is 0 Å². The van der Waals surface area contributed by atoms with Gasteiger partial charge in [-0.2, -0.15) is 0 Å². The summed E-state index contributed by atoms with van der Waals surface area (Å²) in [5, 5.41) is 25.8. The molecule has 0 aromatic heterocycles. The Balaban J connectivity index is 0.00000225. The molecule has 1 rings (SSSR count). The Morgan fingerprint density at radius 1 is 0.688 bits per heavy atom. The van der Waals surface area contributed by atoms with Crippen molar-refractivity contribution in [2.75, 3.05) is 0 Å². The summed E-state index contributed by atoms with van der Waals surface area (Å²) in [5.74, 6) is -4.12. The van der Waals surface area contributed by atoms with Crippen molar-refractivity contribution >= 4 is 69.3 Å². The molecule has 0 amide bonds. The Morgan fingerprint density at radius 2 is 0.875 bits per heavy atom. The van der Waals surface area contributed by atoms with E-state index >= 15 is 0 Å². The van der Waals surface area contributed by atoms with Crippen LogP contribution in [0.25, 0.3) is 0 Å². The summed E-state index contributed by atoms with van der Waals surface area (Å²) < 4.78 is 0. The van der Waals surface area contributed by atoms with Crippen LogP contribution >= 0.6 is 0 Å². The number of carbonyl (C=O) groups is 3. The first-order chi connectivity index (χ1) is 6.91. The minimum absolute atomic E-state index is 0. The number of rotatable bonds is 3. The van der Waals surface area contributed by atoms with Crippen molar-refractivity contribution < 1.29 is 29.7 Å². The van der Waals surface area contributed by atoms with Crippen LogP contribution in [0.4, 0.5) is 0 Å². The molecule has 1 aromatic rings. The molecule has 3 N–H and O–H groups in total. The van der Waals surface area contributed by atoms with E-state index in [0.29, 0.717) is 0 Å². The second-order valence-corrected chi connectivity index (χ2v) is 2.71. The third-order valence-electron chi connectivity index (χ3n) is 1.67. The van der Waals surface area contributed by atoms with Crippen molar-refractivity contribution in [2.45, 2.75) is 0 Å². The van der Waals surface area contributed by atoms with Gasteiger partial charge in [-0.1, -0.05) is 0 Å². The van der Waals surface area contributed by atoms with Crippen molar-refractivity contribution in [3.63, 3.8) is 0 Å². The smallest absolute Gasteiger partial charge is 0.335 e. The summed E-state index contributed by atoms with van der Waals surface area (Å²) in [4.78, 5) is 31.7. The standard InChI is InChI=1S/C9H6O6.K/c10-7(11)4-1-5(8(12)13)3-6(2-4)9(14)15;/h1-3H,(H,10,11)(H,12,13)(H,14,15);. The van der Waals surface area contributed by atoms with Crippen molar-refractivity contribution in [2.24, 2.45) is 0 Å². The quantitative estimate of drug-likeness (QED) is 0.668. The Kier molecular flexibility index (Phi) is 5.83. The third kappa shape index (κ3) is 3.69. The molecule has 0 aliphatic heterocycles. The zero-order valence-corrected chi connectivity index (χ0v) is 11.4. The average molecular weight is 249 g/mol. The zero-order chi connectivity index (χ0) is 11.6. The van der Waals surface area contributed by atoms with Crippen molar-refractivity contribution in [3.05, 3.63) is 34.9 Å². The SMILES string of the molecule is O=C(O)c1cc(C(=O)O)cc(C(=O)O)c1.[K]. The number of aromatic carboxylic acids is 3. The van der Waals surface area contributed by atoms with Gasteiger partial charge in [-0.3, -0.25) is 0 Å². The Morgan fingerprint density at radius 3 is 1.00 bits per heavy atom. The van der Waals surface area contributed by atoms with Crippen molar-refractivity contribution in [1.29, 1.82) is 0 Å². The summed E-state index contributed by atoms with van der Waals surface area (Å²) in [5.41, 5.74) is -1.10. The van der Waals surface area contributed by atoms with Gasteiger partial charge in [-0.15, -0.1) is 0 Å². The molecule has 0 aliphatic carbocycles. The normalized spacial score (nSPS) is 9.00. The van der Waals surface area contributed by atoms with Crippen LogP contribution in [0.2, 0.25) is 0 Å². The fourth-order valence-corrected chi connectivity index (χ4v) is 0.998. The fraction of sp³-hybridized carbons (Fsp3) is 0. The first-order valence-electron chi connectivity index (χ1n) is 3.77. The van der Waals surface area contributed by atoms with E-state index in [0.717, 1.165) is 18.2 Å². The molecule has 0 spiro atoms. The van der Waals surface area contributed by atoms with Crippen LogP contribution in [0.5, 0.6) is 0 Å². The molecule has 0 saturated heterocycles. The molecule has 0 aliphatic rings. The Bertz CT molecular complexity index is 374. The minimum Gasteiger partial charge on any atom is -0.478 e. The van der Waals surface area contributed by atoms with Gasteiger partial charge in [-0.05, 0) is 18.2 Å². The van der Waals surface area contributed by atoms with E-state index in [9.17, 15) is 14.4 Å². The molecule has 0 fully saturated rings. The van der Waals surface area contributed by atoms with Crippen LogP contribution in [0, 0.1) is 0 Å². The molecule has 7 heteroatoms. The van der Waals surface area contributed by atoms with Gasteiger partial charge >= 0.3 is 17.9 Å². The van der Waals surface area contributed by atoms with Crippen molar-refractivity contribution in [1.82, 2.24) is 0 Å². The maximum absolute atomic E-state index is 10.6. The fourth-order valence-electron chi connectivity index (χ4n) is 0.998. The molecule has 1 radical (unpaired) electrons. The molecule has 0 saturated carbocycles. The van der Waals surface area contributed by atoms with Gasteiger partial charge in [-0.25, -0.2) is 14.4 Å². The van der Waals surface area contributed by atoms with Crippen LogP contribution in [-0.4, -0.2) is 84.6 Å². The van der Waals surface area contributed by atoms with Gasteiger partial charge in [0.1, 0.15) is 0 Å². The van der Waals surface area contributed by atoms with Gasteiger partial charge in [0.05, 0.1) is 16.7 Å². The molecule has 0 heterocycles. The number of hydrogen-bond acceptors (Lipinski definition) is 3. The predicted molar refractivity (Wildman–Crippen MR) is 53.1 cm³/mol. The van der Waals surface area contributed by atoms with Crippen LogP contribution in [0.3, 0.4) is 0 Å². The molecule has 1 aromatic carbocycles. The number of hydrogen-bond donors (Lipinski definition) is 3. The molecule has 0 atom stereocenters. The van der Waals surface area contributed by atoms with Gasteiger partial charge in [0.25, 0.3) is 0 Å². The van der Waals surface area contributed by atoms with E-state index in [1.807, 2.05) is 0 Å². The summed E-state index contributed by atoms with van der Waals surface area (Å²) >= 11 is 0. The van der Waals surface area contributed by atoms with Crippen LogP contribution in [0.1, 0.15) is 31.1 Å². The molecular formula is C9H6KO6. The number of carboxylic acid groups (broad SMARTS) is 3. The minimum atomic E-state index is -1.37. The summed E-state index contributed by atoms with van der Waals surface area (Å²) in [6.07, 6.45) is 0. The molecule has 16 heavy (non-hydrogen) atoms. The summed E-state index contributed by atoms with van der Waals surface area (Å²) in [6.45, 7) is 0. The van der Waals surface area contributed by atoms with Gasteiger partial charge < -0.3 is 15.3 Å². The monoisotopic (exact) mass is 249 g/mol. The van der Waals surface area contributed by atoms with Gasteiger partial charge in [0.15, 0.2) is 0 Å². The Labute approximate surface area is 132 Å². The second-order valence-electron chi connectivity index (χ2n) is 2.71. The van der Waals surface area contributed by atoms with E-state index < -0.39 is 17.9 Å². The molecular weight excluding hydrogens is 243 g/mol. The Hall–Kier alpha value is -0.734. The number of benzene rings is 1. The van der Waals surface area contributed by atoms with Crippen LogP contribution in [0.15, 0.2) is 18.2 Å². The van der Waals surface area contributed by atoms with E-state index in [2.05, 4.69) is 0 Å². The largest absolute Gasteiger partial charge is 0.478 e.